The maximum absolute atomic E-state index is 13.8. The molecule has 1 aliphatic rings. The molecule has 3 unspecified atom stereocenters. The molecule has 2 rings (SSSR count). The number of carbonyl (C=O) groups excluding carboxylic acids is 1. The van der Waals surface area contributed by atoms with Gasteiger partial charge >= 0.3 is 0 Å². The molecule has 1 aliphatic carbocycles. The number of nitrogens with two attached hydrogens (primary N) is 1. The van der Waals surface area contributed by atoms with Gasteiger partial charge in [-0.3, -0.25) is 4.79 Å². The van der Waals surface area contributed by atoms with Crippen LogP contribution in [0.2, 0.25) is 5.02 Å². The summed E-state index contributed by atoms with van der Waals surface area (Å²) in [7, 11) is 0. The van der Waals surface area contributed by atoms with E-state index in [2.05, 4.69) is 5.32 Å². The Morgan fingerprint density at radius 3 is 2.81 bits per heavy atom. The van der Waals surface area contributed by atoms with E-state index in [1.54, 1.807) is 19.1 Å². The van der Waals surface area contributed by atoms with Gasteiger partial charge in [0.05, 0.1) is 6.04 Å². The Morgan fingerprint density at radius 1 is 1.48 bits per heavy atom. The summed E-state index contributed by atoms with van der Waals surface area (Å²) >= 11 is 6.01. The highest BCUT2D eigenvalue weighted by molar-refractivity contribution is 6.31. The zero-order valence-corrected chi connectivity index (χ0v) is 13.5. The van der Waals surface area contributed by atoms with Crippen LogP contribution in [0.1, 0.15) is 44.2 Å². The second-order valence-corrected chi connectivity index (χ2v) is 5.90. The van der Waals surface area contributed by atoms with Gasteiger partial charge in [0.25, 0.3) is 0 Å². The number of amides is 1. The van der Waals surface area contributed by atoms with Gasteiger partial charge in [0.2, 0.25) is 5.91 Å². The average Bonchev–Trinajstić information content (AvgIpc) is 2.38. The van der Waals surface area contributed by atoms with Gasteiger partial charge in [0, 0.05) is 22.5 Å². The first-order valence-electron chi connectivity index (χ1n) is 6.99. The van der Waals surface area contributed by atoms with Gasteiger partial charge in [0.1, 0.15) is 5.82 Å². The molecule has 6 heteroatoms. The third-order valence-corrected chi connectivity index (χ3v) is 4.21. The first-order valence-corrected chi connectivity index (χ1v) is 7.36. The van der Waals surface area contributed by atoms with E-state index < -0.39 is 11.9 Å². The molecule has 0 aromatic heterocycles. The van der Waals surface area contributed by atoms with Crippen molar-refractivity contribution in [2.45, 2.75) is 44.7 Å². The van der Waals surface area contributed by atoms with Gasteiger partial charge < -0.3 is 11.1 Å². The predicted octanol–water partition coefficient (Wildman–Crippen LogP) is 3.60. The lowest BCUT2D eigenvalue weighted by atomic mass is 9.85. The number of halogens is 3. The molecule has 1 amide bonds. The summed E-state index contributed by atoms with van der Waals surface area (Å²) in [5, 5.41) is 3.18. The van der Waals surface area contributed by atoms with E-state index in [-0.39, 0.29) is 30.3 Å². The fourth-order valence-electron chi connectivity index (χ4n) is 2.79. The van der Waals surface area contributed by atoms with Gasteiger partial charge in [-0.15, -0.1) is 12.4 Å². The first-order chi connectivity index (χ1) is 9.49. The molecule has 0 heterocycles. The number of nitrogens with one attached hydrogen (secondary N) is 1. The minimum absolute atomic E-state index is 0. The third-order valence-electron chi connectivity index (χ3n) is 3.88. The lowest BCUT2D eigenvalue weighted by Crippen LogP contribution is -2.38. The molecule has 1 fully saturated rings. The second-order valence-electron chi connectivity index (χ2n) is 5.49. The zero-order chi connectivity index (χ0) is 14.7. The van der Waals surface area contributed by atoms with Crippen molar-refractivity contribution in [3.63, 3.8) is 0 Å². The third kappa shape index (κ3) is 4.56. The van der Waals surface area contributed by atoms with Crippen LogP contribution in [-0.2, 0) is 4.79 Å². The zero-order valence-electron chi connectivity index (χ0n) is 11.9. The number of hydrogen-bond donors (Lipinski definition) is 2. The Balaban J connectivity index is 0.00000220. The average molecular weight is 335 g/mol. The smallest absolute Gasteiger partial charge is 0.223 e. The van der Waals surface area contributed by atoms with Crippen molar-refractivity contribution in [2.75, 3.05) is 0 Å². The SMILES string of the molecule is CC(NC(=O)C1CCCC(N)C1)c1c(F)cccc1Cl.Cl. The molecule has 0 spiro atoms. The van der Waals surface area contributed by atoms with E-state index >= 15 is 0 Å². The summed E-state index contributed by atoms with van der Waals surface area (Å²) in [6.07, 6.45) is 3.48. The minimum atomic E-state index is -0.450. The van der Waals surface area contributed by atoms with Crippen LogP contribution < -0.4 is 11.1 Å². The van der Waals surface area contributed by atoms with Crippen LogP contribution in [0.3, 0.4) is 0 Å². The normalized spacial score (nSPS) is 23.0. The number of hydrogen-bond acceptors (Lipinski definition) is 2. The minimum Gasteiger partial charge on any atom is -0.349 e. The summed E-state index contributed by atoms with van der Waals surface area (Å²) in [6, 6.07) is 4.16. The van der Waals surface area contributed by atoms with E-state index in [9.17, 15) is 9.18 Å². The molecule has 3 atom stereocenters. The van der Waals surface area contributed by atoms with Crippen LogP contribution >= 0.6 is 24.0 Å². The highest BCUT2D eigenvalue weighted by atomic mass is 35.5. The topological polar surface area (TPSA) is 55.1 Å². The molecule has 21 heavy (non-hydrogen) atoms. The number of carbonyl (C=O) groups is 1. The van der Waals surface area contributed by atoms with Crippen molar-refractivity contribution >= 4 is 29.9 Å². The highest BCUT2D eigenvalue weighted by Crippen LogP contribution is 2.28. The van der Waals surface area contributed by atoms with Crippen molar-refractivity contribution in [1.82, 2.24) is 5.32 Å². The fraction of sp³-hybridized carbons (Fsp3) is 0.533. The molecular weight excluding hydrogens is 314 g/mol. The molecule has 0 saturated heterocycles. The summed E-state index contributed by atoms with van der Waals surface area (Å²) in [6.45, 7) is 1.74. The molecule has 0 bridgehead atoms. The van der Waals surface area contributed by atoms with Crippen LogP contribution in [0.5, 0.6) is 0 Å². The Morgan fingerprint density at radius 2 is 2.19 bits per heavy atom. The first kappa shape index (κ1) is 18.2. The lowest BCUT2D eigenvalue weighted by Gasteiger charge is -2.27. The molecule has 0 radical (unpaired) electrons. The van der Waals surface area contributed by atoms with E-state index in [0.29, 0.717) is 17.0 Å². The molecule has 118 valence electrons. The van der Waals surface area contributed by atoms with E-state index in [1.807, 2.05) is 0 Å². The van der Waals surface area contributed by atoms with E-state index in [1.165, 1.54) is 6.07 Å². The Labute approximate surface area is 135 Å². The van der Waals surface area contributed by atoms with Crippen LogP contribution in [0.4, 0.5) is 4.39 Å². The van der Waals surface area contributed by atoms with Gasteiger partial charge in [-0.25, -0.2) is 4.39 Å². The van der Waals surface area contributed by atoms with Gasteiger partial charge in [-0.1, -0.05) is 24.1 Å². The molecule has 1 aromatic carbocycles. The standard InChI is InChI=1S/C15H20ClFN2O.ClH/c1-9(14-12(16)6-3-7-13(14)17)19-15(20)10-4-2-5-11(18)8-10;/h3,6-7,9-11H,2,4-5,8,18H2,1H3,(H,19,20);1H. The van der Waals surface area contributed by atoms with Crippen LogP contribution in [0.25, 0.3) is 0 Å². The quantitative estimate of drug-likeness (QED) is 0.887. The molecular formula is C15H21Cl2FN2O. The van der Waals surface area contributed by atoms with Crippen LogP contribution in [0.15, 0.2) is 18.2 Å². The molecule has 1 aromatic rings. The van der Waals surface area contributed by atoms with Gasteiger partial charge in [0.15, 0.2) is 0 Å². The molecule has 0 aliphatic heterocycles. The summed E-state index contributed by atoms with van der Waals surface area (Å²) < 4.78 is 13.8. The van der Waals surface area contributed by atoms with E-state index in [0.717, 1.165) is 19.3 Å². The summed E-state index contributed by atoms with van der Waals surface area (Å²) in [4.78, 5) is 12.2. The van der Waals surface area contributed by atoms with Crippen LogP contribution in [-0.4, -0.2) is 11.9 Å². The Kier molecular flexibility index (Phi) is 6.91. The van der Waals surface area contributed by atoms with Crippen molar-refractivity contribution in [3.8, 4) is 0 Å². The molecule has 1 saturated carbocycles. The van der Waals surface area contributed by atoms with Gasteiger partial charge in [-0.05, 0) is 38.3 Å². The largest absolute Gasteiger partial charge is 0.349 e. The van der Waals surface area contributed by atoms with Crippen molar-refractivity contribution in [2.24, 2.45) is 11.7 Å². The molecule has 3 N–H and O–H groups in total. The Hall–Kier alpha value is -0.840. The molecule has 3 nitrogen and oxygen atoms in total. The Bertz CT molecular complexity index is 478. The second kappa shape index (κ2) is 7.97. The van der Waals surface area contributed by atoms with Crippen molar-refractivity contribution in [3.05, 3.63) is 34.6 Å². The summed E-state index contributed by atoms with van der Waals surface area (Å²) in [5.41, 5.74) is 6.23. The predicted molar refractivity (Wildman–Crippen MR) is 85.1 cm³/mol. The van der Waals surface area contributed by atoms with Crippen molar-refractivity contribution < 1.29 is 9.18 Å². The van der Waals surface area contributed by atoms with E-state index in [4.69, 9.17) is 17.3 Å². The maximum Gasteiger partial charge on any atom is 0.223 e. The monoisotopic (exact) mass is 334 g/mol. The lowest BCUT2D eigenvalue weighted by molar-refractivity contribution is -0.126. The highest BCUT2D eigenvalue weighted by Gasteiger charge is 2.27. The number of rotatable bonds is 3. The fourth-order valence-corrected chi connectivity index (χ4v) is 3.12. The maximum atomic E-state index is 13.8. The summed E-state index contributed by atoms with van der Waals surface area (Å²) in [5.74, 6) is -0.538. The number of benzene rings is 1. The van der Waals surface area contributed by atoms with Crippen LogP contribution in [0, 0.1) is 11.7 Å². The van der Waals surface area contributed by atoms with Gasteiger partial charge in [-0.2, -0.15) is 0 Å². The van der Waals surface area contributed by atoms with Crippen molar-refractivity contribution in [1.29, 1.82) is 0 Å².